The second kappa shape index (κ2) is 6.01. The highest BCUT2D eigenvalue weighted by Crippen LogP contribution is 2.17. The second-order valence-corrected chi connectivity index (χ2v) is 4.74. The van der Waals surface area contributed by atoms with Gasteiger partial charge in [-0.3, -0.25) is 4.90 Å². The Labute approximate surface area is 87.9 Å². The van der Waals surface area contributed by atoms with Gasteiger partial charge in [-0.05, 0) is 32.4 Å². The fourth-order valence-corrected chi connectivity index (χ4v) is 2.09. The highest BCUT2D eigenvalue weighted by molar-refractivity contribution is 9.09. The van der Waals surface area contributed by atoms with E-state index in [1.54, 1.807) is 5.54 Å². The summed E-state index contributed by atoms with van der Waals surface area (Å²) in [4.78, 5) is 3.17. The predicted octanol–water partition coefficient (Wildman–Crippen LogP) is 2.99. The van der Waals surface area contributed by atoms with E-state index in [4.69, 9.17) is 11.6 Å². The van der Waals surface area contributed by atoms with Gasteiger partial charge < -0.3 is 0 Å². The molecule has 1 aliphatic heterocycles. The van der Waals surface area contributed by atoms with Gasteiger partial charge in [0.05, 0.1) is 0 Å². The normalized spacial score (nSPS) is 27.7. The van der Waals surface area contributed by atoms with Gasteiger partial charge in [0.25, 0.3) is 0 Å². The number of halogens is 2. The maximum Gasteiger partial charge on any atom is 0.0174 e. The largest absolute Gasteiger partial charge is 0.300 e. The maximum atomic E-state index is 5.47. The van der Waals surface area contributed by atoms with E-state index in [0.29, 0.717) is 0 Å². The van der Waals surface area contributed by atoms with Gasteiger partial charge in [0.15, 0.2) is 0 Å². The molecule has 0 aromatic heterocycles. The van der Waals surface area contributed by atoms with Crippen LogP contribution in [0.25, 0.3) is 0 Å². The minimum Gasteiger partial charge on any atom is -0.300 e. The van der Waals surface area contributed by atoms with Gasteiger partial charge in [-0.2, -0.15) is 0 Å². The zero-order valence-corrected chi connectivity index (χ0v) is 9.52. The molecule has 1 rings (SSSR count). The van der Waals surface area contributed by atoms with Gasteiger partial charge in [-0.25, -0.2) is 0 Å². The summed E-state index contributed by atoms with van der Waals surface area (Å²) in [5.74, 6) is 0. The van der Waals surface area contributed by atoms with Crippen molar-refractivity contribution in [2.75, 3.05) is 19.6 Å². The van der Waals surface area contributed by atoms with E-state index in [1.165, 1.54) is 32.4 Å². The topological polar surface area (TPSA) is 3.24 Å². The molecule has 1 saturated heterocycles. The van der Waals surface area contributed by atoms with Crippen LogP contribution >= 0.6 is 27.5 Å². The van der Waals surface area contributed by atoms with Crippen molar-refractivity contribution in [2.45, 2.75) is 24.1 Å². The van der Waals surface area contributed by atoms with Crippen LogP contribution in [-0.2, 0) is 0 Å². The Morgan fingerprint density at radius 2 is 2.25 bits per heavy atom. The van der Waals surface area contributed by atoms with Gasteiger partial charge in [-0.15, -0.1) is 0 Å². The van der Waals surface area contributed by atoms with Crippen molar-refractivity contribution in [1.82, 2.24) is 4.90 Å². The van der Waals surface area contributed by atoms with E-state index in [2.05, 4.69) is 20.8 Å². The molecule has 1 nitrogen and oxygen atoms in total. The van der Waals surface area contributed by atoms with E-state index < -0.39 is 0 Å². The maximum absolute atomic E-state index is 5.47. The minimum atomic E-state index is 0.725. The molecule has 1 heterocycles. The van der Waals surface area contributed by atoms with Crippen LogP contribution in [0.4, 0.5) is 0 Å². The van der Waals surface area contributed by atoms with Crippen molar-refractivity contribution >= 4 is 27.5 Å². The van der Waals surface area contributed by atoms with E-state index in [-0.39, 0.29) is 0 Å². The van der Waals surface area contributed by atoms with Crippen LogP contribution in [-0.4, -0.2) is 29.4 Å². The summed E-state index contributed by atoms with van der Waals surface area (Å²) in [6, 6.07) is 0. The van der Waals surface area contributed by atoms with Crippen LogP contribution in [0, 0.1) is 0 Å². The minimum absolute atomic E-state index is 0.725. The molecule has 0 amide bonds. The molecule has 1 unspecified atom stereocenters. The fourth-order valence-electron chi connectivity index (χ4n) is 1.49. The van der Waals surface area contributed by atoms with Crippen molar-refractivity contribution < 1.29 is 0 Å². The van der Waals surface area contributed by atoms with Gasteiger partial charge in [0, 0.05) is 16.9 Å². The molecule has 1 atom stereocenters. The molecule has 0 saturated carbocycles. The zero-order valence-electron chi connectivity index (χ0n) is 7.18. The molecule has 12 heavy (non-hydrogen) atoms. The third-order valence-corrected chi connectivity index (χ3v) is 3.30. The number of rotatable bonds is 2. The summed E-state index contributed by atoms with van der Waals surface area (Å²) in [5, 5.41) is 0. The van der Waals surface area contributed by atoms with Crippen LogP contribution in [0.3, 0.4) is 0 Å². The lowest BCUT2D eigenvalue weighted by molar-refractivity contribution is 0.316. The summed E-state index contributed by atoms with van der Waals surface area (Å²) in [6.45, 7) is 3.41. The van der Waals surface area contributed by atoms with Gasteiger partial charge in [0.2, 0.25) is 0 Å². The Balaban J connectivity index is 2.25. The van der Waals surface area contributed by atoms with E-state index in [0.717, 1.165) is 11.4 Å². The first-order valence-corrected chi connectivity index (χ1v) is 5.80. The van der Waals surface area contributed by atoms with Crippen LogP contribution in [0.15, 0.2) is 11.6 Å². The smallest absolute Gasteiger partial charge is 0.0174 e. The molecule has 0 aromatic carbocycles. The van der Waals surface area contributed by atoms with E-state index >= 15 is 0 Å². The molecule has 70 valence electrons. The number of alkyl halides is 1. The van der Waals surface area contributed by atoms with Crippen molar-refractivity contribution in [2.24, 2.45) is 0 Å². The van der Waals surface area contributed by atoms with Crippen molar-refractivity contribution in [3.05, 3.63) is 11.6 Å². The Kier molecular flexibility index (Phi) is 5.28. The molecule has 0 aromatic rings. The zero-order chi connectivity index (χ0) is 8.81. The van der Waals surface area contributed by atoms with Gasteiger partial charge in [0.1, 0.15) is 0 Å². The summed E-state index contributed by atoms with van der Waals surface area (Å²) in [6.07, 6.45) is 5.87. The summed E-state index contributed by atoms with van der Waals surface area (Å²) in [5.41, 5.74) is 1.61. The molecule has 1 aliphatic rings. The first kappa shape index (κ1) is 10.6. The highest BCUT2D eigenvalue weighted by Gasteiger charge is 2.12. The molecule has 0 radical (unpaired) electrons. The lowest BCUT2D eigenvalue weighted by Gasteiger charge is -2.16. The number of nitrogens with zero attached hydrogens (tertiary/aromatic N) is 1. The van der Waals surface area contributed by atoms with Crippen molar-refractivity contribution in [3.63, 3.8) is 0 Å². The Hall–Kier alpha value is 0.470. The lowest BCUT2D eigenvalue weighted by Crippen LogP contribution is -2.24. The SMILES string of the molecule is Cl/C=C/CN1CCCC(Br)CC1. The first-order chi connectivity index (χ1) is 5.83. The number of likely N-dealkylation sites (tertiary alicyclic amines) is 1. The standard InChI is InChI=1S/C9H15BrClN/c10-9-3-1-6-12(8-4-9)7-2-5-11/h2,5,9H,1,3-4,6-8H2/b5-2+. The van der Waals surface area contributed by atoms with Crippen molar-refractivity contribution in [1.29, 1.82) is 0 Å². The fraction of sp³-hybridized carbons (Fsp3) is 0.778. The molecule has 0 aliphatic carbocycles. The third-order valence-electron chi connectivity index (χ3n) is 2.20. The van der Waals surface area contributed by atoms with Crippen LogP contribution in [0.1, 0.15) is 19.3 Å². The van der Waals surface area contributed by atoms with E-state index in [1.807, 2.05) is 6.08 Å². The Morgan fingerprint density at radius 1 is 1.42 bits per heavy atom. The van der Waals surface area contributed by atoms with E-state index in [9.17, 15) is 0 Å². The van der Waals surface area contributed by atoms with Crippen LogP contribution in [0.5, 0.6) is 0 Å². The number of hydrogen-bond acceptors (Lipinski definition) is 1. The molecule has 0 bridgehead atoms. The molecule has 0 spiro atoms. The summed E-state index contributed by atoms with van der Waals surface area (Å²) < 4.78 is 0. The van der Waals surface area contributed by atoms with Gasteiger partial charge >= 0.3 is 0 Å². The quantitative estimate of drug-likeness (QED) is 0.683. The average molecular weight is 253 g/mol. The molecule has 3 heteroatoms. The summed E-state index contributed by atoms with van der Waals surface area (Å²) in [7, 11) is 0. The first-order valence-electron chi connectivity index (χ1n) is 4.44. The molecule has 0 N–H and O–H groups in total. The molecular formula is C9H15BrClN. The van der Waals surface area contributed by atoms with Crippen LogP contribution < -0.4 is 0 Å². The monoisotopic (exact) mass is 251 g/mol. The molecular weight excluding hydrogens is 237 g/mol. The van der Waals surface area contributed by atoms with Crippen molar-refractivity contribution in [3.8, 4) is 0 Å². The molecule has 1 fully saturated rings. The second-order valence-electron chi connectivity index (χ2n) is 3.19. The highest BCUT2D eigenvalue weighted by atomic mass is 79.9. The third kappa shape index (κ3) is 3.92. The predicted molar refractivity (Wildman–Crippen MR) is 58.0 cm³/mol. The lowest BCUT2D eigenvalue weighted by atomic mass is 10.2. The Morgan fingerprint density at radius 3 is 3.00 bits per heavy atom. The number of hydrogen-bond donors (Lipinski definition) is 0. The summed E-state index contributed by atoms with van der Waals surface area (Å²) >= 11 is 9.14. The average Bonchev–Trinajstić information content (AvgIpc) is 2.27. The Bertz CT molecular complexity index is 149. The van der Waals surface area contributed by atoms with Crippen LogP contribution in [0.2, 0.25) is 0 Å². The van der Waals surface area contributed by atoms with Gasteiger partial charge in [-0.1, -0.05) is 33.6 Å².